The molecule has 0 aliphatic rings. The van der Waals surface area contributed by atoms with Gasteiger partial charge in [0.05, 0.1) is 26.5 Å². The van der Waals surface area contributed by atoms with E-state index in [0.29, 0.717) is 6.61 Å². The maximum Gasteiger partial charge on any atom is 0.128 e. The standard InChI is InChI=1S/C13H15NO3S/c1-15-7-13-14-11(8-18-13)10-6-9(16-2)4-5-12(10)17-3/h4-6,8H,7H2,1-3H3. The molecule has 0 unspecified atom stereocenters. The van der Waals surface area contributed by atoms with Gasteiger partial charge in [-0.2, -0.15) is 0 Å². The number of benzene rings is 1. The SMILES string of the molecule is COCc1nc(-c2cc(OC)ccc2OC)cs1. The Kier molecular flexibility index (Phi) is 4.17. The molecule has 0 aliphatic carbocycles. The van der Waals surface area contributed by atoms with Gasteiger partial charge < -0.3 is 14.2 Å². The van der Waals surface area contributed by atoms with E-state index in [1.54, 1.807) is 32.7 Å². The van der Waals surface area contributed by atoms with E-state index < -0.39 is 0 Å². The van der Waals surface area contributed by atoms with Crippen LogP contribution in [0.1, 0.15) is 5.01 Å². The first-order valence-electron chi connectivity index (χ1n) is 5.44. The van der Waals surface area contributed by atoms with Crippen molar-refractivity contribution in [2.75, 3.05) is 21.3 Å². The van der Waals surface area contributed by atoms with Gasteiger partial charge in [-0.15, -0.1) is 11.3 Å². The van der Waals surface area contributed by atoms with Gasteiger partial charge in [0.25, 0.3) is 0 Å². The van der Waals surface area contributed by atoms with Crippen LogP contribution in [0.25, 0.3) is 11.3 Å². The number of nitrogens with zero attached hydrogens (tertiary/aromatic N) is 1. The Morgan fingerprint density at radius 2 is 2.00 bits per heavy atom. The molecule has 0 radical (unpaired) electrons. The summed E-state index contributed by atoms with van der Waals surface area (Å²) in [6, 6.07) is 5.67. The van der Waals surface area contributed by atoms with Gasteiger partial charge in [-0.1, -0.05) is 0 Å². The van der Waals surface area contributed by atoms with E-state index in [4.69, 9.17) is 14.2 Å². The lowest BCUT2D eigenvalue weighted by Crippen LogP contribution is -1.91. The quantitative estimate of drug-likeness (QED) is 0.833. The molecule has 1 aromatic heterocycles. The van der Waals surface area contributed by atoms with Crippen LogP contribution in [0, 0.1) is 0 Å². The number of thiazole rings is 1. The van der Waals surface area contributed by atoms with Crippen molar-refractivity contribution in [2.24, 2.45) is 0 Å². The van der Waals surface area contributed by atoms with Crippen molar-refractivity contribution >= 4 is 11.3 Å². The van der Waals surface area contributed by atoms with Gasteiger partial charge >= 0.3 is 0 Å². The van der Waals surface area contributed by atoms with E-state index in [1.807, 2.05) is 23.6 Å². The third-order valence-electron chi connectivity index (χ3n) is 2.50. The van der Waals surface area contributed by atoms with Crippen LogP contribution in [0.3, 0.4) is 0 Å². The molecule has 4 nitrogen and oxygen atoms in total. The van der Waals surface area contributed by atoms with E-state index >= 15 is 0 Å². The number of rotatable bonds is 5. The Labute approximate surface area is 110 Å². The van der Waals surface area contributed by atoms with Crippen LogP contribution in [0.2, 0.25) is 0 Å². The molecule has 2 rings (SSSR count). The molecule has 1 heterocycles. The van der Waals surface area contributed by atoms with Crippen molar-refractivity contribution < 1.29 is 14.2 Å². The molecule has 0 bridgehead atoms. The van der Waals surface area contributed by atoms with E-state index in [0.717, 1.165) is 27.8 Å². The van der Waals surface area contributed by atoms with Crippen LogP contribution >= 0.6 is 11.3 Å². The lowest BCUT2D eigenvalue weighted by Gasteiger charge is -2.08. The highest BCUT2D eigenvalue weighted by atomic mass is 32.1. The van der Waals surface area contributed by atoms with Crippen LogP contribution in [0.15, 0.2) is 23.6 Å². The smallest absolute Gasteiger partial charge is 0.128 e. The second-order valence-corrected chi connectivity index (χ2v) is 4.57. The Morgan fingerprint density at radius 3 is 2.67 bits per heavy atom. The third kappa shape index (κ3) is 2.63. The topological polar surface area (TPSA) is 40.6 Å². The van der Waals surface area contributed by atoms with E-state index in [1.165, 1.54) is 0 Å². The maximum absolute atomic E-state index is 5.35. The highest BCUT2D eigenvalue weighted by Gasteiger charge is 2.11. The Hall–Kier alpha value is -1.59. The molecular weight excluding hydrogens is 250 g/mol. The van der Waals surface area contributed by atoms with Gasteiger partial charge in [-0.05, 0) is 18.2 Å². The highest BCUT2D eigenvalue weighted by molar-refractivity contribution is 7.09. The van der Waals surface area contributed by atoms with E-state index in [2.05, 4.69) is 4.98 Å². The summed E-state index contributed by atoms with van der Waals surface area (Å²) in [6.45, 7) is 0.525. The summed E-state index contributed by atoms with van der Waals surface area (Å²) in [7, 11) is 4.95. The Morgan fingerprint density at radius 1 is 1.17 bits per heavy atom. The molecule has 0 atom stereocenters. The molecule has 0 aliphatic heterocycles. The third-order valence-corrected chi connectivity index (χ3v) is 3.32. The van der Waals surface area contributed by atoms with Crippen LogP contribution in [-0.4, -0.2) is 26.3 Å². The molecule has 1 aromatic carbocycles. The zero-order chi connectivity index (χ0) is 13.0. The average molecular weight is 265 g/mol. The molecule has 5 heteroatoms. The minimum absolute atomic E-state index is 0.525. The van der Waals surface area contributed by atoms with Crippen LogP contribution in [0.4, 0.5) is 0 Å². The first-order valence-corrected chi connectivity index (χ1v) is 6.32. The number of hydrogen-bond donors (Lipinski definition) is 0. The fourth-order valence-corrected chi connectivity index (χ4v) is 2.40. The minimum atomic E-state index is 0.525. The lowest BCUT2D eigenvalue weighted by molar-refractivity contribution is 0.184. The van der Waals surface area contributed by atoms with Crippen molar-refractivity contribution in [2.45, 2.75) is 6.61 Å². The monoisotopic (exact) mass is 265 g/mol. The second kappa shape index (κ2) is 5.84. The zero-order valence-electron chi connectivity index (χ0n) is 10.6. The van der Waals surface area contributed by atoms with Crippen molar-refractivity contribution in [1.82, 2.24) is 4.98 Å². The molecule has 2 aromatic rings. The molecule has 0 spiro atoms. The molecule has 0 amide bonds. The Bertz CT molecular complexity index is 525. The minimum Gasteiger partial charge on any atom is -0.497 e. The van der Waals surface area contributed by atoms with Crippen LogP contribution < -0.4 is 9.47 Å². The fraction of sp³-hybridized carbons (Fsp3) is 0.308. The molecule has 96 valence electrons. The van der Waals surface area contributed by atoms with Crippen LogP contribution in [0.5, 0.6) is 11.5 Å². The molecule has 18 heavy (non-hydrogen) atoms. The predicted octanol–water partition coefficient (Wildman–Crippen LogP) is 2.97. The van der Waals surface area contributed by atoms with Crippen molar-refractivity contribution in [3.05, 3.63) is 28.6 Å². The molecule has 0 N–H and O–H groups in total. The summed E-state index contributed by atoms with van der Waals surface area (Å²) in [6.07, 6.45) is 0. The van der Waals surface area contributed by atoms with Gasteiger partial charge in [-0.25, -0.2) is 4.98 Å². The summed E-state index contributed by atoms with van der Waals surface area (Å²) in [5.41, 5.74) is 1.80. The summed E-state index contributed by atoms with van der Waals surface area (Å²) >= 11 is 1.57. The van der Waals surface area contributed by atoms with Crippen molar-refractivity contribution in [3.8, 4) is 22.8 Å². The van der Waals surface area contributed by atoms with E-state index in [9.17, 15) is 0 Å². The Balaban J connectivity index is 2.40. The largest absolute Gasteiger partial charge is 0.497 e. The predicted molar refractivity (Wildman–Crippen MR) is 71.4 cm³/mol. The molecular formula is C13H15NO3S. The summed E-state index contributed by atoms with van der Waals surface area (Å²) < 4.78 is 15.6. The number of hydrogen-bond acceptors (Lipinski definition) is 5. The fourth-order valence-electron chi connectivity index (χ4n) is 1.64. The van der Waals surface area contributed by atoms with Gasteiger partial charge in [0, 0.05) is 18.1 Å². The first kappa shape index (κ1) is 12.9. The van der Waals surface area contributed by atoms with Gasteiger partial charge in [0.15, 0.2) is 0 Å². The first-order chi connectivity index (χ1) is 8.78. The number of methoxy groups -OCH3 is 3. The van der Waals surface area contributed by atoms with E-state index in [-0.39, 0.29) is 0 Å². The molecule has 0 saturated heterocycles. The average Bonchev–Trinajstić information content (AvgIpc) is 2.87. The molecule has 0 saturated carbocycles. The molecule has 0 fully saturated rings. The zero-order valence-corrected chi connectivity index (χ0v) is 11.4. The summed E-state index contributed by atoms with van der Waals surface area (Å²) in [5.74, 6) is 1.57. The maximum atomic E-state index is 5.35. The van der Waals surface area contributed by atoms with Gasteiger partial charge in [0.1, 0.15) is 16.5 Å². The second-order valence-electron chi connectivity index (χ2n) is 3.63. The lowest BCUT2D eigenvalue weighted by atomic mass is 10.1. The summed E-state index contributed by atoms with van der Waals surface area (Å²) in [5, 5.41) is 2.93. The van der Waals surface area contributed by atoms with Crippen molar-refractivity contribution in [1.29, 1.82) is 0 Å². The number of ether oxygens (including phenoxy) is 3. The van der Waals surface area contributed by atoms with Gasteiger partial charge in [0.2, 0.25) is 0 Å². The van der Waals surface area contributed by atoms with Gasteiger partial charge in [-0.3, -0.25) is 0 Å². The normalized spacial score (nSPS) is 10.4. The highest BCUT2D eigenvalue weighted by Crippen LogP contribution is 2.33. The number of aromatic nitrogens is 1. The summed E-state index contributed by atoms with van der Waals surface area (Å²) in [4.78, 5) is 4.51. The van der Waals surface area contributed by atoms with Crippen molar-refractivity contribution in [3.63, 3.8) is 0 Å². The van der Waals surface area contributed by atoms with Crippen LogP contribution in [-0.2, 0) is 11.3 Å².